The minimum absolute atomic E-state index is 0.262. The summed E-state index contributed by atoms with van der Waals surface area (Å²) < 4.78 is 6.02. The zero-order valence-electron chi connectivity index (χ0n) is 15.5. The van der Waals surface area contributed by atoms with Crippen LogP contribution >= 0.6 is 35.6 Å². The van der Waals surface area contributed by atoms with Crippen LogP contribution in [-0.2, 0) is 16.2 Å². The molecule has 0 aliphatic carbocycles. The Morgan fingerprint density at radius 3 is 2.48 bits per heavy atom. The second kappa shape index (κ2) is 9.43. The maximum Gasteiger partial charge on any atom is 0.326 e. The van der Waals surface area contributed by atoms with Gasteiger partial charge in [-0.15, -0.1) is 0 Å². The molecule has 29 heavy (non-hydrogen) atoms. The monoisotopic (exact) mass is 447 g/mol. The molecule has 0 spiro atoms. The van der Waals surface area contributed by atoms with E-state index in [-0.39, 0.29) is 16.6 Å². The van der Waals surface area contributed by atoms with Gasteiger partial charge in [-0.1, -0.05) is 66.8 Å². The van der Waals surface area contributed by atoms with Gasteiger partial charge in [0, 0.05) is 5.02 Å². The summed E-state index contributed by atoms with van der Waals surface area (Å²) in [5.41, 5.74) is 1.80. The highest BCUT2D eigenvalue weighted by molar-refractivity contribution is 8.26. The highest BCUT2D eigenvalue weighted by Gasteiger charge is 2.39. The lowest BCUT2D eigenvalue weighted by atomic mass is 10.1. The number of ether oxygens (including phenoxy) is 1. The van der Waals surface area contributed by atoms with E-state index < -0.39 is 12.0 Å². The second-order valence-corrected chi connectivity index (χ2v) is 8.41. The van der Waals surface area contributed by atoms with Gasteiger partial charge in [-0.2, -0.15) is 0 Å². The van der Waals surface area contributed by atoms with E-state index in [1.807, 2.05) is 48.5 Å². The maximum absolute atomic E-state index is 12.6. The maximum atomic E-state index is 12.6. The third kappa shape index (κ3) is 5.18. The number of benzene rings is 2. The number of thiocarbonyl (C=S) groups is 1. The van der Waals surface area contributed by atoms with Gasteiger partial charge in [0.2, 0.25) is 0 Å². The third-order valence-corrected chi connectivity index (χ3v) is 5.89. The van der Waals surface area contributed by atoms with E-state index in [0.29, 0.717) is 22.3 Å². The van der Waals surface area contributed by atoms with Crippen LogP contribution in [0.2, 0.25) is 5.02 Å². The average Bonchev–Trinajstić information content (AvgIpc) is 2.97. The van der Waals surface area contributed by atoms with Crippen molar-refractivity contribution in [3.05, 3.63) is 69.6 Å². The Hall–Kier alpha value is -2.35. The zero-order chi connectivity index (χ0) is 21.0. The van der Waals surface area contributed by atoms with Crippen LogP contribution in [0.1, 0.15) is 24.5 Å². The quantitative estimate of drug-likeness (QED) is 0.476. The smallest absolute Gasteiger partial charge is 0.326 e. The van der Waals surface area contributed by atoms with E-state index in [1.165, 1.54) is 4.90 Å². The molecule has 0 aromatic heterocycles. The molecule has 1 saturated heterocycles. The normalized spacial score (nSPS) is 16.3. The molecule has 3 rings (SSSR count). The number of carbonyl (C=O) groups excluding carboxylic acids is 1. The van der Waals surface area contributed by atoms with Crippen molar-refractivity contribution in [2.45, 2.75) is 26.0 Å². The molecule has 0 radical (unpaired) electrons. The van der Waals surface area contributed by atoms with Gasteiger partial charge in [-0.3, -0.25) is 9.69 Å². The van der Waals surface area contributed by atoms with Crippen molar-refractivity contribution in [1.29, 1.82) is 0 Å². The van der Waals surface area contributed by atoms with Gasteiger partial charge in [0.15, 0.2) is 0 Å². The number of nitrogens with zero attached hydrogens (tertiary/aromatic N) is 1. The molecule has 1 atom stereocenters. The lowest BCUT2D eigenvalue weighted by molar-refractivity contribution is -0.145. The van der Waals surface area contributed by atoms with Crippen LogP contribution in [0.15, 0.2) is 53.4 Å². The van der Waals surface area contributed by atoms with Gasteiger partial charge >= 0.3 is 5.97 Å². The number of carboxylic acids is 1. The predicted octanol–water partition coefficient (Wildman–Crippen LogP) is 4.98. The SMILES string of the molecule is CC[C@H](C(=O)O)N1C(=O)/C(=C\c2ccc(OCc3ccc(Cl)cc3)cc2)SC1=S. The molecule has 1 N–H and O–H groups in total. The lowest BCUT2D eigenvalue weighted by Gasteiger charge is -2.21. The number of carbonyl (C=O) groups is 2. The van der Waals surface area contributed by atoms with E-state index in [0.717, 1.165) is 22.9 Å². The molecule has 0 bridgehead atoms. The Balaban J connectivity index is 1.67. The number of amides is 1. The predicted molar refractivity (Wildman–Crippen MR) is 119 cm³/mol. The molecule has 8 heteroatoms. The number of halogens is 1. The van der Waals surface area contributed by atoms with Crippen LogP contribution in [0.5, 0.6) is 5.75 Å². The summed E-state index contributed by atoms with van der Waals surface area (Å²) in [5, 5.41) is 10.00. The Kier molecular flexibility index (Phi) is 6.95. The van der Waals surface area contributed by atoms with Crippen LogP contribution < -0.4 is 4.74 Å². The highest BCUT2D eigenvalue weighted by atomic mass is 35.5. The van der Waals surface area contributed by atoms with E-state index in [4.69, 9.17) is 28.6 Å². The van der Waals surface area contributed by atoms with Gasteiger partial charge in [0.25, 0.3) is 5.91 Å². The lowest BCUT2D eigenvalue weighted by Crippen LogP contribution is -2.43. The minimum atomic E-state index is -1.06. The van der Waals surface area contributed by atoms with Gasteiger partial charge in [0.1, 0.15) is 22.7 Å². The molecule has 1 heterocycles. The molecule has 2 aromatic rings. The Bertz CT molecular complexity index is 958. The summed E-state index contributed by atoms with van der Waals surface area (Å²) in [6.07, 6.45) is 1.99. The first-order valence-corrected chi connectivity index (χ1v) is 10.5. The fourth-order valence-corrected chi connectivity index (χ4v) is 4.26. The fraction of sp³-hybridized carbons (Fsp3) is 0.190. The second-order valence-electron chi connectivity index (χ2n) is 6.30. The molecule has 0 unspecified atom stereocenters. The van der Waals surface area contributed by atoms with Crippen LogP contribution in [0, 0.1) is 0 Å². The van der Waals surface area contributed by atoms with Crippen molar-refractivity contribution in [1.82, 2.24) is 4.90 Å². The number of aliphatic carboxylic acids is 1. The summed E-state index contributed by atoms with van der Waals surface area (Å²) in [6, 6.07) is 13.8. The Morgan fingerprint density at radius 2 is 1.90 bits per heavy atom. The van der Waals surface area contributed by atoms with Crippen molar-refractivity contribution in [3.63, 3.8) is 0 Å². The highest BCUT2D eigenvalue weighted by Crippen LogP contribution is 2.34. The standard InChI is InChI=1S/C21H18ClNO4S2/c1-2-17(20(25)26)23-19(24)18(29-21(23)28)11-13-5-9-16(10-6-13)27-12-14-3-7-15(22)8-4-14/h3-11,17H,2,12H2,1H3,(H,25,26)/b18-11+/t17-/m1/s1. The van der Waals surface area contributed by atoms with Crippen molar-refractivity contribution >= 4 is 57.9 Å². The summed E-state index contributed by atoms with van der Waals surface area (Å²) in [7, 11) is 0. The zero-order valence-corrected chi connectivity index (χ0v) is 17.9. The molecule has 1 amide bonds. The topological polar surface area (TPSA) is 66.8 Å². The first kappa shape index (κ1) is 21.4. The molecule has 1 fully saturated rings. The van der Waals surface area contributed by atoms with E-state index in [9.17, 15) is 14.7 Å². The Labute approximate surface area is 183 Å². The van der Waals surface area contributed by atoms with Crippen LogP contribution in [0.3, 0.4) is 0 Å². The number of rotatable bonds is 7. The van der Waals surface area contributed by atoms with Crippen molar-refractivity contribution in [2.75, 3.05) is 0 Å². The molecular formula is C21H18ClNO4S2. The van der Waals surface area contributed by atoms with Crippen LogP contribution in [0.25, 0.3) is 6.08 Å². The minimum Gasteiger partial charge on any atom is -0.489 e. The summed E-state index contributed by atoms with van der Waals surface area (Å²) >= 11 is 12.2. The van der Waals surface area contributed by atoms with E-state index >= 15 is 0 Å². The molecular weight excluding hydrogens is 430 g/mol. The Morgan fingerprint density at radius 1 is 1.24 bits per heavy atom. The largest absolute Gasteiger partial charge is 0.489 e. The van der Waals surface area contributed by atoms with Crippen molar-refractivity contribution in [3.8, 4) is 5.75 Å². The van der Waals surface area contributed by atoms with Crippen LogP contribution in [0.4, 0.5) is 0 Å². The average molecular weight is 448 g/mol. The van der Waals surface area contributed by atoms with Gasteiger partial charge in [-0.25, -0.2) is 4.79 Å². The molecule has 1 aliphatic rings. The van der Waals surface area contributed by atoms with E-state index in [1.54, 1.807) is 13.0 Å². The fourth-order valence-electron chi connectivity index (χ4n) is 2.78. The van der Waals surface area contributed by atoms with Gasteiger partial charge in [0.05, 0.1) is 4.91 Å². The van der Waals surface area contributed by atoms with Crippen molar-refractivity contribution in [2.24, 2.45) is 0 Å². The van der Waals surface area contributed by atoms with Crippen LogP contribution in [-0.4, -0.2) is 32.2 Å². The molecule has 0 saturated carbocycles. The number of carboxylic acid groups (broad SMARTS) is 1. The third-order valence-electron chi connectivity index (χ3n) is 4.30. The molecule has 150 valence electrons. The number of thioether (sulfide) groups is 1. The first-order valence-electron chi connectivity index (χ1n) is 8.86. The molecule has 2 aromatic carbocycles. The summed E-state index contributed by atoms with van der Waals surface area (Å²) in [4.78, 5) is 25.6. The molecule has 1 aliphatic heterocycles. The van der Waals surface area contributed by atoms with Crippen molar-refractivity contribution < 1.29 is 19.4 Å². The summed E-state index contributed by atoms with van der Waals surface area (Å²) in [6.45, 7) is 2.13. The summed E-state index contributed by atoms with van der Waals surface area (Å²) in [5.74, 6) is -0.744. The number of hydrogen-bond donors (Lipinski definition) is 1. The van der Waals surface area contributed by atoms with E-state index in [2.05, 4.69) is 0 Å². The van der Waals surface area contributed by atoms with Gasteiger partial charge < -0.3 is 9.84 Å². The number of hydrogen-bond acceptors (Lipinski definition) is 5. The first-order chi connectivity index (χ1) is 13.9. The molecule has 5 nitrogen and oxygen atoms in total. The van der Waals surface area contributed by atoms with Gasteiger partial charge in [-0.05, 0) is 47.9 Å².